The van der Waals surface area contributed by atoms with Crippen molar-refractivity contribution in [1.29, 1.82) is 0 Å². The lowest BCUT2D eigenvalue weighted by molar-refractivity contribution is 0.180. The summed E-state index contributed by atoms with van der Waals surface area (Å²) in [6, 6.07) is 4.80. The van der Waals surface area contributed by atoms with E-state index in [0.29, 0.717) is 12.4 Å². The van der Waals surface area contributed by atoms with E-state index in [9.17, 15) is 4.39 Å². The minimum Gasteiger partial charge on any atom is -0.489 e. The minimum atomic E-state index is -0.326. The van der Waals surface area contributed by atoms with E-state index in [0.717, 1.165) is 25.2 Å². The summed E-state index contributed by atoms with van der Waals surface area (Å²) in [5.41, 5.74) is 6.51. The van der Waals surface area contributed by atoms with Crippen LogP contribution in [0.3, 0.4) is 0 Å². The molecule has 1 heterocycles. The second kappa shape index (κ2) is 6.87. The van der Waals surface area contributed by atoms with Gasteiger partial charge in [-0.1, -0.05) is 12.5 Å². The van der Waals surface area contributed by atoms with Crippen LogP contribution in [0.15, 0.2) is 18.2 Å². The SMILES string of the molecule is CC(N)c1ccc(OCCN2CCCCC2)c(F)c1. The van der Waals surface area contributed by atoms with Gasteiger partial charge in [-0.15, -0.1) is 0 Å². The molecule has 4 heteroatoms. The van der Waals surface area contributed by atoms with E-state index in [1.54, 1.807) is 6.07 Å². The molecule has 0 amide bonds. The minimum absolute atomic E-state index is 0.156. The maximum atomic E-state index is 13.8. The lowest BCUT2D eigenvalue weighted by Gasteiger charge is -2.26. The monoisotopic (exact) mass is 266 g/mol. The first-order chi connectivity index (χ1) is 9.16. The highest BCUT2D eigenvalue weighted by Crippen LogP contribution is 2.21. The highest BCUT2D eigenvalue weighted by atomic mass is 19.1. The highest BCUT2D eigenvalue weighted by molar-refractivity contribution is 5.30. The quantitative estimate of drug-likeness (QED) is 0.890. The third-order valence-corrected chi connectivity index (χ3v) is 3.60. The summed E-state index contributed by atoms with van der Waals surface area (Å²) in [5.74, 6) is -0.00477. The number of benzene rings is 1. The highest BCUT2D eigenvalue weighted by Gasteiger charge is 2.11. The van der Waals surface area contributed by atoms with Crippen LogP contribution in [0, 0.1) is 5.82 Å². The Kier molecular flexibility index (Phi) is 5.16. The van der Waals surface area contributed by atoms with Crippen LogP contribution in [-0.2, 0) is 0 Å². The van der Waals surface area contributed by atoms with Crippen molar-refractivity contribution in [2.24, 2.45) is 5.73 Å². The van der Waals surface area contributed by atoms with Gasteiger partial charge >= 0.3 is 0 Å². The molecule has 1 aromatic carbocycles. The van der Waals surface area contributed by atoms with Gasteiger partial charge in [0.15, 0.2) is 11.6 Å². The van der Waals surface area contributed by atoms with Crippen molar-refractivity contribution in [3.63, 3.8) is 0 Å². The zero-order valence-corrected chi connectivity index (χ0v) is 11.6. The summed E-state index contributed by atoms with van der Waals surface area (Å²) in [5, 5.41) is 0. The Bertz CT molecular complexity index is 403. The predicted molar refractivity (Wildman–Crippen MR) is 74.8 cm³/mol. The number of rotatable bonds is 5. The van der Waals surface area contributed by atoms with Gasteiger partial charge in [0.2, 0.25) is 0 Å². The van der Waals surface area contributed by atoms with Gasteiger partial charge in [0.25, 0.3) is 0 Å². The molecule has 19 heavy (non-hydrogen) atoms. The predicted octanol–water partition coefficient (Wildman–Crippen LogP) is 2.71. The number of likely N-dealkylation sites (tertiary alicyclic amines) is 1. The summed E-state index contributed by atoms with van der Waals surface area (Å²) in [7, 11) is 0. The Hall–Kier alpha value is -1.13. The zero-order chi connectivity index (χ0) is 13.7. The Balaban J connectivity index is 1.82. The smallest absolute Gasteiger partial charge is 0.165 e. The first kappa shape index (κ1) is 14.3. The van der Waals surface area contributed by atoms with Crippen LogP contribution in [0.4, 0.5) is 4.39 Å². The van der Waals surface area contributed by atoms with Gasteiger partial charge in [-0.3, -0.25) is 4.90 Å². The molecule has 1 fully saturated rings. The number of halogens is 1. The van der Waals surface area contributed by atoms with Crippen LogP contribution >= 0.6 is 0 Å². The molecule has 3 nitrogen and oxygen atoms in total. The molecule has 2 rings (SSSR count). The van der Waals surface area contributed by atoms with Crippen LogP contribution in [-0.4, -0.2) is 31.1 Å². The van der Waals surface area contributed by atoms with Gasteiger partial charge < -0.3 is 10.5 Å². The van der Waals surface area contributed by atoms with Crippen molar-refractivity contribution >= 4 is 0 Å². The summed E-state index contributed by atoms with van der Waals surface area (Å²) in [4.78, 5) is 2.37. The first-order valence-electron chi connectivity index (χ1n) is 7.07. The molecule has 0 aliphatic carbocycles. The summed E-state index contributed by atoms with van der Waals surface area (Å²) >= 11 is 0. The second-order valence-electron chi connectivity index (χ2n) is 5.23. The van der Waals surface area contributed by atoms with Gasteiger partial charge in [-0.25, -0.2) is 4.39 Å². The molecule has 2 N–H and O–H groups in total. The zero-order valence-electron chi connectivity index (χ0n) is 11.6. The van der Waals surface area contributed by atoms with E-state index < -0.39 is 0 Å². The number of nitrogens with zero attached hydrogens (tertiary/aromatic N) is 1. The van der Waals surface area contributed by atoms with E-state index in [2.05, 4.69) is 4.90 Å². The second-order valence-corrected chi connectivity index (χ2v) is 5.23. The van der Waals surface area contributed by atoms with Crippen molar-refractivity contribution in [2.45, 2.75) is 32.2 Å². The van der Waals surface area contributed by atoms with Crippen LogP contribution < -0.4 is 10.5 Å². The molecule has 0 aromatic heterocycles. The maximum absolute atomic E-state index is 13.8. The maximum Gasteiger partial charge on any atom is 0.165 e. The van der Waals surface area contributed by atoms with Gasteiger partial charge in [0.1, 0.15) is 6.61 Å². The lowest BCUT2D eigenvalue weighted by Crippen LogP contribution is -2.33. The lowest BCUT2D eigenvalue weighted by atomic mass is 10.1. The number of nitrogens with two attached hydrogens (primary N) is 1. The molecule has 0 radical (unpaired) electrons. The standard InChI is InChI=1S/C15H23FN2O/c1-12(17)13-5-6-15(14(16)11-13)19-10-9-18-7-3-2-4-8-18/h5-6,11-12H,2-4,7-10,17H2,1H3. The van der Waals surface area contributed by atoms with E-state index in [1.807, 2.05) is 13.0 Å². The Morgan fingerprint density at radius 2 is 2.05 bits per heavy atom. The van der Waals surface area contributed by atoms with E-state index in [4.69, 9.17) is 10.5 Å². The number of hydrogen-bond donors (Lipinski definition) is 1. The van der Waals surface area contributed by atoms with Gasteiger partial charge in [-0.05, 0) is 50.6 Å². The van der Waals surface area contributed by atoms with Gasteiger partial charge in [-0.2, -0.15) is 0 Å². The first-order valence-corrected chi connectivity index (χ1v) is 7.07. The Morgan fingerprint density at radius 1 is 1.32 bits per heavy atom. The van der Waals surface area contributed by atoms with Crippen molar-refractivity contribution in [3.8, 4) is 5.75 Å². The molecule has 1 aliphatic rings. The van der Waals surface area contributed by atoms with E-state index in [1.165, 1.54) is 25.3 Å². The molecular weight excluding hydrogens is 243 g/mol. The number of piperidine rings is 1. The molecule has 1 aliphatic heterocycles. The molecule has 1 atom stereocenters. The number of hydrogen-bond acceptors (Lipinski definition) is 3. The summed E-state index contributed by atoms with van der Waals surface area (Å²) < 4.78 is 19.3. The molecule has 0 bridgehead atoms. The summed E-state index contributed by atoms with van der Waals surface area (Å²) in [6.07, 6.45) is 3.85. The van der Waals surface area contributed by atoms with Gasteiger partial charge in [0, 0.05) is 12.6 Å². The Labute approximate surface area is 114 Å². The van der Waals surface area contributed by atoms with Crippen molar-refractivity contribution < 1.29 is 9.13 Å². The van der Waals surface area contributed by atoms with Gasteiger partial charge in [0.05, 0.1) is 0 Å². The Morgan fingerprint density at radius 3 is 2.68 bits per heavy atom. The van der Waals surface area contributed by atoms with Crippen molar-refractivity contribution in [3.05, 3.63) is 29.6 Å². The van der Waals surface area contributed by atoms with Crippen LogP contribution in [0.5, 0.6) is 5.75 Å². The summed E-state index contributed by atoms with van der Waals surface area (Å²) in [6.45, 7) is 5.51. The molecule has 1 saturated heterocycles. The molecule has 0 saturated carbocycles. The average molecular weight is 266 g/mol. The third kappa shape index (κ3) is 4.18. The van der Waals surface area contributed by atoms with E-state index in [-0.39, 0.29) is 11.9 Å². The average Bonchev–Trinajstić information content (AvgIpc) is 2.41. The third-order valence-electron chi connectivity index (χ3n) is 3.60. The molecule has 0 spiro atoms. The van der Waals surface area contributed by atoms with Crippen molar-refractivity contribution in [2.75, 3.05) is 26.2 Å². The topological polar surface area (TPSA) is 38.5 Å². The fourth-order valence-electron chi connectivity index (χ4n) is 2.39. The van der Waals surface area contributed by atoms with Crippen LogP contribution in [0.25, 0.3) is 0 Å². The van der Waals surface area contributed by atoms with Crippen molar-refractivity contribution in [1.82, 2.24) is 4.90 Å². The van der Waals surface area contributed by atoms with Crippen LogP contribution in [0.2, 0.25) is 0 Å². The molecule has 1 aromatic rings. The van der Waals surface area contributed by atoms with E-state index >= 15 is 0 Å². The normalized spacial score (nSPS) is 18.3. The molecular formula is C15H23FN2O. The molecule has 106 valence electrons. The fourth-order valence-corrected chi connectivity index (χ4v) is 2.39. The fraction of sp³-hybridized carbons (Fsp3) is 0.600. The van der Waals surface area contributed by atoms with Crippen LogP contribution in [0.1, 0.15) is 37.8 Å². The largest absolute Gasteiger partial charge is 0.489 e. The molecule has 1 unspecified atom stereocenters. The number of ether oxygens (including phenoxy) is 1.